The van der Waals surface area contributed by atoms with Gasteiger partial charge in [0.25, 0.3) is 0 Å². The molecule has 0 fully saturated rings. The van der Waals surface area contributed by atoms with Crippen LogP contribution in [0.25, 0.3) is 10.9 Å². The molecule has 1 N–H and O–H groups in total. The molecule has 0 bridgehead atoms. The van der Waals surface area contributed by atoms with Gasteiger partial charge in [-0.3, -0.25) is 4.79 Å². The van der Waals surface area contributed by atoms with Crippen LogP contribution in [0.4, 0.5) is 0 Å². The van der Waals surface area contributed by atoms with Gasteiger partial charge in [-0.25, -0.2) is 10.0 Å². The number of aromatic nitrogens is 1. The van der Waals surface area contributed by atoms with Crippen LogP contribution in [0, 0.1) is 0 Å². The topological polar surface area (TPSA) is 36.1 Å². The van der Waals surface area contributed by atoms with Crippen molar-refractivity contribution < 1.29 is 4.79 Å². The molecule has 0 saturated heterocycles. The minimum absolute atomic E-state index is 0.000620. The standard InChI is InChI=1S/C23H27ClN2OS/c1-15-13-19-18-7-5-6-8-20(18)25-22(19)23(26(15)21(27)14-24)16-9-11-17(12-10-16)28(2,3)4/h5-12,15,23,25H,13-14H2,1-4H3/t15-,23-/m0/s1. The molecule has 2 aromatic carbocycles. The second kappa shape index (κ2) is 7.16. The van der Waals surface area contributed by atoms with Crippen molar-refractivity contribution in [2.24, 2.45) is 0 Å². The van der Waals surface area contributed by atoms with E-state index in [0.717, 1.165) is 23.2 Å². The second-order valence-corrected chi connectivity index (χ2v) is 12.8. The van der Waals surface area contributed by atoms with E-state index in [9.17, 15) is 4.79 Å². The largest absolute Gasteiger partial charge is 0.356 e. The normalized spacial score (nSPS) is 20.2. The first kappa shape index (κ1) is 19.4. The number of halogens is 1. The van der Waals surface area contributed by atoms with Crippen molar-refractivity contribution >= 4 is 38.4 Å². The monoisotopic (exact) mass is 414 g/mol. The zero-order valence-corrected chi connectivity index (χ0v) is 18.4. The zero-order valence-electron chi connectivity index (χ0n) is 16.8. The Morgan fingerprint density at radius 1 is 1.14 bits per heavy atom. The number of fused-ring (bicyclic) bond motifs is 3. The number of hydrogen-bond acceptors (Lipinski definition) is 1. The molecule has 148 valence electrons. The maximum absolute atomic E-state index is 12.8. The van der Waals surface area contributed by atoms with E-state index in [1.54, 1.807) is 0 Å². The Hall–Kier alpha value is -1.91. The van der Waals surface area contributed by atoms with Crippen molar-refractivity contribution in [3.05, 3.63) is 65.4 Å². The Labute approximate surface area is 173 Å². The number of para-hydroxylation sites is 1. The number of nitrogens with one attached hydrogen (secondary N) is 1. The van der Waals surface area contributed by atoms with Crippen LogP contribution in [0.1, 0.15) is 29.8 Å². The number of carbonyl (C=O) groups is 1. The third-order valence-electron chi connectivity index (χ3n) is 5.68. The van der Waals surface area contributed by atoms with Crippen LogP contribution in [-0.2, 0) is 11.2 Å². The minimum atomic E-state index is -0.786. The maximum Gasteiger partial charge on any atom is 0.238 e. The predicted octanol–water partition coefficient (Wildman–Crippen LogP) is 5.32. The first-order valence-corrected chi connectivity index (χ1v) is 13.0. The van der Waals surface area contributed by atoms with E-state index < -0.39 is 10.0 Å². The molecule has 2 atom stereocenters. The van der Waals surface area contributed by atoms with Crippen molar-refractivity contribution in [1.29, 1.82) is 0 Å². The van der Waals surface area contributed by atoms with E-state index in [1.807, 2.05) is 11.0 Å². The number of hydrogen-bond donors (Lipinski definition) is 1. The summed E-state index contributed by atoms with van der Waals surface area (Å²) in [6.07, 6.45) is 7.72. The van der Waals surface area contributed by atoms with Gasteiger partial charge in [0.15, 0.2) is 0 Å². The predicted molar refractivity (Wildman–Crippen MR) is 121 cm³/mol. The summed E-state index contributed by atoms with van der Waals surface area (Å²) in [4.78, 5) is 19.7. The van der Waals surface area contributed by atoms with Crippen molar-refractivity contribution in [2.45, 2.75) is 30.3 Å². The van der Waals surface area contributed by atoms with Crippen molar-refractivity contribution in [3.63, 3.8) is 0 Å². The summed E-state index contributed by atoms with van der Waals surface area (Å²) in [5, 5.41) is 1.25. The summed E-state index contributed by atoms with van der Waals surface area (Å²) in [5.41, 5.74) is 4.69. The first-order chi connectivity index (χ1) is 13.3. The summed E-state index contributed by atoms with van der Waals surface area (Å²) in [6, 6.07) is 17.1. The number of rotatable bonds is 3. The highest BCUT2D eigenvalue weighted by molar-refractivity contribution is 8.32. The van der Waals surface area contributed by atoms with Crippen molar-refractivity contribution in [2.75, 3.05) is 24.6 Å². The van der Waals surface area contributed by atoms with E-state index in [-0.39, 0.29) is 23.9 Å². The lowest BCUT2D eigenvalue weighted by Gasteiger charge is -2.41. The Morgan fingerprint density at radius 2 is 1.82 bits per heavy atom. The fourth-order valence-corrected chi connectivity index (χ4v) is 5.40. The van der Waals surface area contributed by atoms with Gasteiger partial charge >= 0.3 is 0 Å². The summed E-state index contributed by atoms with van der Waals surface area (Å²) < 4.78 is 0. The van der Waals surface area contributed by atoms with E-state index in [4.69, 9.17) is 11.6 Å². The van der Waals surface area contributed by atoms with E-state index in [0.29, 0.717) is 0 Å². The molecule has 5 heteroatoms. The van der Waals surface area contributed by atoms with Gasteiger partial charge in [0, 0.05) is 22.6 Å². The number of H-pyrrole nitrogens is 1. The summed E-state index contributed by atoms with van der Waals surface area (Å²) in [5.74, 6) is -0.0188. The van der Waals surface area contributed by atoms with Crippen LogP contribution >= 0.6 is 21.6 Å². The summed E-state index contributed by atoms with van der Waals surface area (Å²) in [7, 11) is -0.786. The number of carbonyl (C=O) groups excluding carboxylic acids is 1. The van der Waals surface area contributed by atoms with Crippen LogP contribution in [0.3, 0.4) is 0 Å². The van der Waals surface area contributed by atoms with Gasteiger partial charge in [-0.05, 0) is 66.3 Å². The van der Waals surface area contributed by atoms with Gasteiger partial charge in [0.1, 0.15) is 5.88 Å². The Balaban J connectivity index is 1.89. The molecule has 0 saturated carbocycles. The van der Waals surface area contributed by atoms with Gasteiger partial charge in [0.05, 0.1) is 6.04 Å². The number of amides is 1. The summed E-state index contributed by atoms with van der Waals surface area (Å²) >= 11 is 6.00. The Kier molecular flexibility index (Phi) is 4.96. The number of benzene rings is 2. The second-order valence-electron chi connectivity index (χ2n) is 8.36. The molecular weight excluding hydrogens is 388 g/mol. The van der Waals surface area contributed by atoms with Crippen molar-refractivity contribution in [3.8, 4) is 0 Å². The molecule has 0 radical (unpaired) electrons. The molecule has 28 heavy (non-hydrogen) atoms. The SMILES string of the molecule is C[C@H]1Cc2c([nH]c3ccccc23)[C@H](c2ccc(S(C)(C)C)cc2)N1C(=O)CCl. The molecule has 0 unspecified atom stereocenters. The van der Waals surface area contributed by atoms with Gasteiger partial charge in [0.2, 0.25) is 5.91 Å². The Morgan fingerprint density at radius 3 is 2.46 bits per heavy atom. The first-order valence-electron chi connectivity index (χ1n) is 9.56. The van der Waals surface area contributed by atoms with E-state index in [2.05, 4.69) is 73.1 Å². The number of alkyl halides is 1. The van der Waals surface area contributed by atoms with E-state index >= 15 is 0 Å². The zero-order chi connectivity index (χ0) is 20.1. The highest BCUT2D eigenvalue weighted by atomic mass is 35.5. The average Bonchev–Trinajstić information content (AvgIpc) is 3.04. The molecule has 3 aromatic rings. The molecule has 4 rings (SSSR count). The van der Waals surface area contributed by atoms with E-state index in [1.165, 1.54) is 15.8 Å². The van der Waals surface area contributed by atoms with Crippen LogP contribution < -0.4 is 0 Å². The average molecular weight is 415 g/mol. The molecular formula is C23H27ClN2OS. The maximum atomic E-state index is 12.8. The molecule has 1 aromatic heterocycles. The third kappa shape index (κ3) is 3.23. The smallest absolute Gasteiger partial charge is 0.238 e. The minimum Gasteiger partial charge on any atom is -0.356 e. The summed E-state index contributed by atoms with van der Waals surface area (Å²) in [6.45, 7) is 2.12. The lowest BCUT2D eigenvalue weighted by molar-refractivity contribution is -0.133. The van der Waals surface area contributed by atoms with Crippen LogP contribution in [0.2, 0.25) is 0 Å². The lowest BCUT2D eigenvalue weighted by Crippen LogP contribution is -2.46. The molecule has 3 nitrogen and oxygen atoms in total. The molecule has 2 heterocycles. The lowest BCUT2D eigenvalue weighted by atomic mass is 9.88. The third-order valence-corrected chi connectivity index (χ3v) is 7.59. The van der Waals surface area contributed by atoms with Gasteiger partial charge < -0.3 is 9.88 Å². The van der Waals surface area contributed by atoms with Gasteiger partial charge in [-0.1, -0.05) is 30.3 Å². The van der Waals surface area contributed by atoms with Crippen LogP contribution in [-0.4, -0.2) is 46.5 Å². The molecule has 0 spiro atoms. The van der Waals surface area contributed by atoms with Crippen LogP contribution in [0.5, 0.6) is 0 Å². The molecule has 0 aliphatic carbocycles. The highest BCUT2D eigenvalue weighted by Crippen LogP contribution is 2.46. The number of nitrogens with zero attached hydrogens (tertiary/aromatic N) is 1. The highest BCUT2D eigenvalue weighted by Gasteiger charge is 2.38. The van der Waals surface area contributed by atoms with Crippen molar-refractivity contribution in [1.82, 2.24) is 9.88 Å². The fraction of sp³-hybridized carbons (Fsp3) is 0.348. The fourth-order valence-electron chi connectivity index (χ4n) is 4.31. The Bertz CT molecular complexity index is 1020. The quantitative estimate of drug-likeness (QED) is 0.578. The van der Waals surface area contributed by atoms with Crippen LogP contribution in [0.15, 0.2) is 53.4 Å². The number of aromatic amines is 1. The molecule has 1 aliphatic rings. The molecule has 1 amide bonds. The molecule has 1 aliphatic heterocycles. The van der Waals surface area contributed by atoms with Gasteiger partial charge in [-0.15, -0.1) is 11.6 Å². The van der Waals surface area contributed by atoms with Gasteiger partial charge in [-0.2, -0.15) is 0 Å².